The molecular formula is C14H20N2O2. The van der Waals surface area contributed by atoms with Crippen LogP contribution in [0, 0.1) is 0 Å². The van der Waals surface area contributed by atoms with Crippen molar-refractivity contribution in [2.24, 2.45) is 0 Å². The van der Waals surface area contributed by atoms with Crippen molar-refractivity contribution >= 4 is 11.6 Å². The molecule has 4 heteroatoms. The van der Waals surface area contributed by atoms with E-state index in [4.69, 9.17) is 0 Å². The van der Waals surface area contributed by atoms with Gasteiger partial charge in [-0.05, 0) is 38.6 Å². The molecule has 1 aliphatic heterocycles. The Morgan fingerprint density at radius 3 is 2.61 bits per heavy atom. The molecule has 1 saturated heterocycles. The third kappa shape index (κ3) is 2.71. The zero-order valence-corrected chi connectivity index (χ0v) is 11.2. The second-order valence-corrected chi connectivity index (χ2v) is 5.39. The Balaban J connectivity index is 2.26. The number of carbonyl (C=O) groups excluding carboxylic acids is 1. The number of amides is 1. The molecule has 1 aliphatic rings. The highest BCUT2D eigenvalue weighted by Crippen LogP contribution is 2.25. The second-order valence-electron chi connectivity index (χ2n) is 5.39. The molecule has 1 aromatic rings. The van der Waals surface area contributed by atoms with Gasteiger partial charge in [0, 0.05) is 18.8 Å². The molecule has 1 fully saturated rings. The summed E-state index contributed by atoms with van der Waals surface area (Å²) in [6.07, 6.45) is 0. The van der Waals surface area contributed by atoms with E-state index in [2.05, 4.69) is 0 Å². The third-order valence-corrected chi connectivity index (χ3v) is 3.28. The van der Waals surface area contributed by atoms with E-state index in [1.165, 1.54) is 0 Å². The van der Waals surface area contributed by atoms with Gasteiger partial charge in [-0.25, -0.2) is 0 Å². The lowest BCUT2D eigenvalue weighted by molar-refractivity contribution is -0.120. The maximum absolute atomic E-state index is 12.0. The number of hydrogen-bond donors (Lipinski definition) is 1. The first kappa shape index (κ1) is 13.1. The van der Waals surface area contributed by atoms with Crippen molar-refractivity contribution in [2.45, 2.75) is 19.4 Å². The van der Waals surface area contributed by atoms with Gasteiger partial charge in [0.2, 0.25) is 5.91 Å². The lowest BCUT2D eigenvalue weighted by atomic mass is 9.98. The molecule has 0 radical (unpaired) electrons. The predicted molar refractivity (Wildman–Crippen MR) is 71.5 cm³/mol. The van der Waals surface area contributed by atoms with Crippen LogP contribution in [0.3, 0.4) is 0 Å². The minimum Gasteiger partial charge on any atom is -0.386 e. The molecule has 98 valence electrons. The molecular weight excluding hydrogens is 228 g/mol. The average molecular weight is 248 g/mol. The summed E-state index contributed by atoms with van der Waals surface area (Å²) in [5, 5.41) is 10.0. The third-order valence-electron chi connectivity index (χ3n) is 3.28. The molecule has 1 N–H and O–H groups in total. The van der Waals surface area contributed by atoms with E-state index in [-0.39, 0.29) is 5.91 Å². The van der Waals surface area contributed by atoms with Crippen LogP contribution in [0.25, 0.3) is 0 Å². The van der Waals surface area contributed by atoms with E-state index >= 15 is 0 Å². The summed E-state index contributed by atoms with van der Waals surface area (Å²) in [6.45, 7) is 5.52. The molecule has 0 atom stereocenters. The zero-order chi connectivity index (χ0) is 13.3. The van der Waals surface area contributed by atoms with Crippen LogP contribution in [0.1, 0.15) is 19.4 Å². The first-order valence-corrected chi connectivity index (χ1v) is 6.20. The summed E-state index contributed by atoms with van der Waals surface area (Å²) in [5.41, 5.74) is 0.811. The fraction of sp³-hybridized carbons (Fsp3) is 0.500. The number of anilines is 1. The molecule has 4 nitrogen and oxygen atoms in total. The standard InChI is InChI=1S/C14H20N2O2/c1-14(2,18)11-5-4-6-12(9-11)16-8-7-15(3)10-13(16)17/h4-6,9,18H,7-8,10H2,1-3H3. The van der Waals surface area contributed by atoms with E-state index < -0.39 is 5.60 Å². The first-order chi connectivity index (χ1) is 8.38. The summed E-state index contributed by atoms with van der Waals surface area (Å²) in [7, 11) is 1.95. The van der Waals surface area contributed by atoms with E-state index in [0.29, 0.717) is 13.1 Å². The Bertz CT molecular complexity index is 451. The van der Waals surface area contributed by atoms with Gasteiger partial charge in [-0.1, -0.05) is 12.1 Å². The highest BCUT2D eigenvalue weighted by atomic mass is 16.3. The molecule has 0 aromatic heterocycles. The smallest absolute Gasteiger partial charge is 0.241 e. The molecule has 0 saturated carbocycles. The van der Waals surface area contributed by atoms with Crippen molar-refractivity contribution in [1.29, 1.82) is 0 Å². The van der Waals surface area contributed by atoms with Crippen molar-refractivity contribution in [2.75, 3.05) is 31.6 Å². The van der Waals surface area contributed by atoms with E-state index in [1.54, 1.807) is 18.7 Å². The van der Waals surface area contributed by atoms with Gasteiger partial charge in [-0.15, -0.1) is 0 Å². The first-order valence-electron chi connectivity index (χ1n) is 6.20. The second kappa shape index (κ2) is 4.71. The summed E-state index contributed by atoms with van der Waals surface area (Å²) >= 11 is 0. The maximum atomic E-state index is 12.0. The number of likely N-dealkylation sites (N-methyl/N-ethyl adjacent to an activating group) is 1. The lowest BCUT2D eigenvalue weighted by Crippen LogP contribution is -2.49. The van der Waals surface area contributed by atoms with Gasteiger partial charge in [-0.3, -0.25) is 9.69 Å². The van der Waals surface area contributed by atoms with E-state index in [9.17, 15) is 9.90 Å². The van der Waals surface area contributed by atoms with Crippen molar-refractivity contribution in [3.05, 3.63) is 29.8 Å². The Labute approximate surface area is 108 Å². The predicted octanol–water partition coefficient (Wildman–Crippen LogP) is 1.19. The highest BCUT2D eigenvalue weighted by Gasteiger charge is 2.24. The van der Waals surface area contributed by atoms with Gasteiger partial charge in [-0.2, -0.15) is 0 Å². The van der Waals surface area contributed by atoms with Gasteiger partial charge < -0.3 is 10.0 Å². The number of rotatable bonds is 2. The average Bonchev–Trinajstić information content (AvgIpc) is 2.28. The van der Waals surface area contributed by atoms with Gasteiger partial charge >= 0.3 is 0 Å². The van der Waals surface area contributed by atoms with Crippen LogP contribution in [0.5, 0.6) is 0 Å². The molecule has 1 heterocycles. The van der Waals surface area contributed by atoms with Crippen molar-refractivity contribution < 1.29 is 9.90 Å². The summed E-state index contributed by atoms with van der Waals surface area (Å²) in [4.78, 5) is 15.8. The normalized spacial score (nSPS) is 18.2. The van der Waals surface area contributed by atoms with Crippen LogP contribution < -0.4 is 4.90 Å². The van der Waals surface area contributed by atoms with E-state index in [1.807, 2.05) is 36.2 Å². The number of nitrogens with zero attached hydrogens (tertiary/aromatic N) is 2. The van der Waals surface area contributed by atoms with Gasteiger partial charge in [0.05, 0.1) is 12.1 Å². The monoisotopic (exact) mass is 248 g/mol. The van der Waals surface area contributed by atoms with Crippen LogP contribution in [0.2, 0.25) is 0 Å². The van der Waals surface area contributed by atoms with E-state index in [0.717, 1.165) is 17.8 Å². The molecule has 0 bridgehead atoms. The van der Waals surface area contributed by atoms with Crippen LogP contribution in [0.15, 0.2) is 24.3 Å². The number of aliphatic hydroxyl groups is 1. The van der Waals surface area contributed by atoms with Gasteiger partial charge in [0.1, 0.15) is 0 Å². The Morgan fingerprint density at radius 1 is 1.28 bits per heavy atom. The zero-order valence-electron chi connectivity index (χ0n) is 11.2. The Kier molecular flexibility index (Phi) is 3.41. The van der Waals surface area contributed by atoms with Crippen LogP contribution in [-0.4, -0.2) is 42.6 Å². The molecule has 1 amide bonds. The maximum Gasteiger partial charge on any atom is 0.241 e. The lowest BCUT2D eigenvalue weighted by Gasteiger charge is -2.32. The molecule has 0 aliphatic carbocycles. The summed E-state index contributed by atoms with van der Waals surface area (Å²) in [6, 6.07) is 7.57. The molecule has 0 spiro atoms. The Hall–Kier alpha value is -1.39. The SMILES string of the molecule is CN1CCN(c2cccc(C(C)(C)O)c2)C(=O)C1. The number of benzene rings is 1. The summed E-state index contributed by atoms with van der Waals surface area (Å²) < 4.78 is 0. The van der Waals surface area contributed by atoms with Gasteiger partial charge in [0.25, 0.3) is 0 Å². The molecule has 1 aromatic carbocycles. The number of piperazine rings is 1. The number of hydrogen-bond acceptors (Lipinski definition) is 3. The molecule has 2 rings (SSSR count). The topological polar surface area (TPSA) is 43.8 Å². The van der Waals surface area contributed by atoms with Crippen LogP contribution in [0.4, 0.5) is 5.69 Å². The highest BCUT2D eigenvalue weighted by molar-refractivity contribution is 5.95. The Morgan fingerprint density at radius 2 is 2.00 bits per heavy atom. The van der Waals surface area contributed by atoms with Crippen molar-refractivity contribution in [3.63, 3.8) is 0 Å². The molecule has 0 unspecified atom stereocenters. The number of carbonyl (C=O) groups is 1. The van der Waals surface area contributed by atoms with Crippen molar-refractivity contribution in [3.8, 4) is 0 Å². The van der Waals surface area contributed by atoms with Crippen molar-refractivity contribution in [1.82, 2.24) is 4.90 Å². The minimum atomic E-state index is -0.883. The van der Waals surface area contributed by atoms with Crippen LogP contribution in [-0.2, 0) is 10.4 Å². The quantitative estimate of drug-likeness (QED) is 0.855. The minimum absolute atomic E-state index is 0.108. The fourth-order valence-electron chi connectivity index (χ4n) is 2.12. The van der Waals surface area contributed by atoms with Crippen LogP contribution >= 0.6 is 0 Å². The molecule has 18 heavy (non-hydrogen) atoms. The summed E-state index contributed by atoms with van der Waals surface area (Å²) in [5.74, 6) is 0.108. The fourth-order valence-corrected chi connectivity index (χ4v) is 2.12. The largest absolute Gasteiger partial charge is 0.386 e. The van der Waals surface area contributed by atoms with Gasteiger partial charge in [0.15, 0.2) is 0 Å².